The zero-order valence-corrected chi connectivity index (χ0v) is 19.3. The number of hydrogen-bond acceptors (Lipinski definition) is 3. The molecule has 26 heavy (non-hydrogen) atoms. The highest BCUT2D eigenvalue weighted by atomic mass is 32.2. The minimum atomic E-state index is 0.942. The Morgan fingerprint density at radius 1 is 0.577 bits per heavy atom. The SMILES string of the molecule is CCCCCCCCCCCCCCCN=NCCCCCCSC.[2H]C. The molecule has 3 heteroatoms. The molecule has 0 saturated heterocycles. The summed E-state index contributed by atoms with van der Waals surface area (Å²) in [6.07, 6.45) is 25.8. The van der Waals surface area contributed by atoms with Gasteiger partial charge in [0.05, 0.1) is 13.1 Å². The van der Waals surface area contributed by atoms with E-state index in [9.17, 15) is 0 Å². The van der Waals surface area contributed by atoms with E-state index in [4.69, 9.17) is 1.37 Å². The Hall–Kier alpha value is -0.0500. The summed E-state index contributed by atoms with van der Waals surface area (Å²) < 4.78 is 5.75. The fraction of sp³-hybridized carbons (Fsp3) is 1.00. The average Bonchev–Trinajstić information content (AvgIpc) is 2.70. The zero-order valence-electron chi connectivity index (χ0n) is 19.4. The van der Waals surface area contributed by atoms with Crippen molar-refractivity contribution >= 4 is 11.8 Å². The molecule has 0 aliphatic carbocycles. The molecular formula is C23H50N2S. The van der Waals surface area contributed by atoms with Gasteiger partial charge < -0.3 is 0 Å². The highest BCUT2D eigenvalue weighted by Gasteiger charge is 1.94. The number of hydrogen-bond donors (Lipinski definition) is 0. The maximum absolute atomic E-state index is 5.75. The van der Waals surface area contributed by atoms with E-state index >= 15 is 0 Å². The first-order chi connectivity index (χ1) is 13.4. The largest absolute Gasteiger partial charge is 0.194 e. The third-order valence-corrected chi connectivity index (χ3v) is 5.52. The molecule has 0 amide bonds. The molecule has 0 heterocycles. The van der Waals surface area contributed by atoms with Gasteiger partial charge in [0.2, 0.25) is 0 Å². The maximum Gasteiger partial charge on any atom is 0.0598 e. The molecule has 0 atom stereocenters. The fourth-order valence-electron chi connectivity index (χ4n) is 3.12. The van der Waals surface area contributed by atoms with Gasteiger partial charge in [-0.15, -0.1) is 0 Å². The molecule has 0 aromatic heterocycles. The van der Waals surface area contributed by atoms with Gasteiger partial charge in [0.15, 0.2) is 0 Å². The Balaban J connectivity index is 0. The third kappa shape index (κ3) is 26.2. The highest BCUT2D eigenvalue weighted by Crippen LogP contribution is 2.12. The smallest absolute Gasteiger partial charge is 0.0598 e. The summed E-state index contributed by atoms with van der Waals surface area (Å²) in [6.45, 7) is 4.18. The van der Waals surface area contributed by atoms with Crippen molar-refractivity contribution in [3.63, 3.8) is 0 Å². The van der Waals surface area contributed by atoms with Gasteiger partial charge >= 0.3 is 0 Å². The molecule has 0 unspecified atom stereocenters. The molecule has 0 aromatic rings. The first kappa shape index (κ1) is 26.0. The van der Waals surface area contributed by atoms with Gasteiger partial charge in [0.1, 0.15) is 0 Å². The molecule has 0 radical (unpaired) electrons. The van der Waals surface area contributed by atoms with Crippen LogP contribution < -0.4 is 0 Å². The van der Waals surface area contributed by atoms with E-state index < -0.39 is 0 Å². The van der Waals surface area contributed by atoms with Crippen LogP contribution in [-0.2, 0) is 0 Å². The van der Waals surface area contributed by atoms with E-state index in [1.54, 1.807) is 0 Å². The van der Waals surface area contributed by atoms with Gasteiger partial charge in [0.25, 0.3) is 0 Å². The number of nitrogens with zero attached hydrogens (tertiary/aromatic N) is 2. The normalized spacial score (nSPS) is 11.4. The lowest BCUT2D eigenvalue weighted by molar-refractivity contribution is 0.539. The van der Waals surface area contributed by atoms with Crippen LogP contribution in [0.2, 0.25) is 0 Å². The van der Waals surface area contributed by atoms with Crippen LogP contribution in [-0.4, -0.2) is 25.1 Å². The summed E-state index contributed by atoms with van der Waals surface area (Å²) in [7, 11) is 1.25. The standard InChI is InChI=1S/C22H46N2S.CH4/c1-3-4-5-6-7-8-9-10-11-12-13-14-17-20-23-24-21-18-15-16-19-22-25-2;/h3-22H2,1-2H3;1H4/i;1D. The Bertz CT molecular complexity index is 263. The quantitative estimate of drug-likeness (QED) is 0.142. The number of rotatable bonds is 21. The van der Waals surface area contributed by atoms with Crippen LogP contribution in [0.5, 0.6) is 0 Å². The Morgan fingerprint density at radius 3 is 1.31 bits per heavy atom. The van der Waals surface area contributed by atoms with Crippen molar-refractivity contribution in [3.05, 3.63) is 0 Å². The lowest BCUT2D eigenvalue weighted by Crippen LogP contribution is -1.86. The lowest BCUT2D eigenvalue weighted by atomic mass is 10.0. The lowest BCUT2D eigenvalue weighted by Gasteiger charge is -2.02. The van der Waals surface area contributed by atoms with E-state index in [1.165, 1.54) is 122 Å². The number of thioether (sulfide) groups is 1. The molecule has 0 aliphatic heterocycles. The predicted octanol–water partition coefficient (Wildman–Crippen LogP) is 9.09. The monoisotopic (exact) mass is 387 g/mol. The number of azo groups is 1. The summed E-state index contributed by atoms with van der Waals surface area (Å²) in [5.74, 6) is 1.31. The average molecular weight is 388 g/mol. The van der Waals surface area contributed by atoms with Gasteiger partial charge in [-0.05, 0) is 31.3 Å². The van der Waals surface area contributed by atoms with Crippen LogP contribution in [0.25, 0.3) is 0 Å². The van der Waals surface area contributed by atoms with Gasteiger partial charge in [-0.3, -0.25) is 0 Å². The van der Waals surface area contributed by atoms with E-state index in [1.807, 2.05) is 11.8 Å². The summed E-state index contributed by atoms with van der Waals surface area (Å²) in [4.78, 5) is 0. The van der Waals surface area contributed by atoms with Crippen LogP contribution in [0, 0.1) is 0 Å². The summed E-state index contributed by atoms with van der Waals surface area (Å²) in [5.41, 5.74) is 0. The minimum absolute atomic E-state index is 0.942. The first-order valence-corrected chi connectivity index (χ1v) is 12.6. The molecule has 0 saturated carbocycles. The second kappa shape index (κ2) is 27.2. The summed E-state index contributed by atoms with van der Waals surface area (Å²) in [5, 5.41) is 8.62. The van der Waals surface area contributed by atoms with E-state index in [0.717, 1.165) is 13.1 Å². The van der Waals surface area contributed by atoms with Crippen molar-refractivity contribution in [3.8, 4) is 0 Å². The molecule has 2 nitrogen and oxygen atoms in total. The first-order valence-electron chi connectivity index (χ1n) is 12.2. The Morgan fingerprint density at radius 2 is 0.923 bits per heavy atom. The zero-order chi connectivity index (χ0) is 20.3. The van der Waals surface area contributed by atoms with Gasteiger partial charge in [-0.1, -0.05) is 104 Å². The maximum atomic E-state index is 5.75. The van der Waals surface area contributed by atoms with E-state index in [2.05, 4.69) is 23.4 Å². The van der Waals surface area contributed by atoms with Gasteiger partial charge in [0, 0.05) is 1.37 Å². The molecule has 0 bridgehead atoms. The van der Waals surface area contributed by atoms with Crippen LogP contribution in [0.15, 0.2) is 10.2 Å². The summed E-state index contributed by atoms with van der Waals surface area (Å²) >= 11 is 1.95. The van der Waals surface area contributed by atoms with Crippen molar-refractivity contribution in [1.29, 1.82) is 0 Å². The number of unbranched alkanes of at least 4 members (excludes halogenated alkanes) is 15. The van der Waals surface area contributed by atoms with Crippen molar-refractivity contribution in [1.82, 2.24) is 0 Å². The third-order valence-electron chi connectivity index (χ3n) is 4.82. The van der Waals surface area contributed by atoms with Crippen molar-refractivity contribution in [2.75, 3.05) is 25.1 Å². The van der Waals surface area contributed by atoms with Crippen LogP contribution >= 0.6 is 11.8 Å². The van der Waals surface area contributed by atoms with Crippen molar-refractivity contribution in [2.45, 2.75) is 123 Å². The van der Waals surface area contributed by atoms with Gasteiger partial charge in [-0.2, -0.15) is 22.0 Å². The van der Waals surface area contributed by atoms with Crippen molar-refractivity contribution < 1.29 is 1.37 Å². The predicted molar refractivity (Wildman–Crippen MR) is 124 cm³/mol. The minimum Gasteiger partial charge on any atom is -0.194 e. The molecule has 0 fully saturated rings. The molecule has 0 N–H and O–H groups in total. The molecule has 0 spiro atoms. The second-order valence-electron chi connectivity index (χ2n) is 7.38. The molecule has 0 aliphatic rings. The van der Waals surface area contributed by atoms with Crippen molar-refractivity contribution in [2.24, 2.45) is 10.2 Å². The Labute approximate surface area is 172 Å². The highest BCUT2D eigenvalue weighted by molar-refractivity contribution is 7.98. The molecule has 158 valence electrons. The van der Waals surface area contributed by atoms with E-state index in [-0.39, 0.29) is 0 Å². The van der Waals surface area contributed by atoms with Crippen LogP contribution in [0.1, 0.15) is 125 Å². The molecule has 0 rings (SSSR count). The summed E-state index contributed by atoms with van der Waals surface area (Å²) in [6, 6.07) is 0. The molecular weight excluding hydrogens is 336 g/mol. The topological polar surface area (TPSA) is 24.7 Å². The second-order valence-corrected chi connectivity index (χ2v) is 8.37. The van der Waals surface area contributed by atoms with E-state index in [0.29, 0.717) is 0 Å². The fourth-order valence-corrected chi connectivity index (χ4v) is 3.62. The molecule has 0 aromatic carbocycles. The van der Waals surface area contributed by atoms with Crippen LogP contribution in [0.4, 0.5) is 0 Å². The van der Waals surface area contributed by atoms with Gasteiger partial charge in [-0.25, -0.2) is 0 Å². The van der Waals surface area contributed by atoms with Crippen LogP contribution in [0.3, 0.4) is 0 Å². The Kier molecular flexibility index (Phi) is 27.1.